The fourth-order valence-electron chi connectivity index (χ4n) is 2.07. The van der Waals surface area contributed by atoms with E-state index in [2.05, 4.69) is 20.8 Å². The lowest BCUT2D eigenvalue weighted by atomic mass is 10.3. The van der Waals surface area contributed by atoms with Gasteiger partial charge in [-0.05, 0) is 48.6 Å². The first-order valence-electron chi connectivity index (χ1n) is 7.00. The molecule has 1 aromatic carbocycles. The second kappa shape index (κ2) is 7.54. The molecular formula is C15H13F2N5S2. The second-order valence-electron chi connectivity index (χ2n) is 4.76. The third kappa shape index (κ3) is 4.18. The van der Waals surface area contributed by atoms with Crippen LogP contribution in [-0.2, 0) is 6.54 Å². The molecule has 124 valence electrons. The Bertz CT molecular complexity index is 835. The average molecular weight is 365 g/mol. The molecule has 0 saturated heterocycles. The van der Waals surface area contributed by atoms with Crippen LogP contribution in [0.3, 0.4) is 0 Å². The van der Waals surface area contributed by atoms with Crippen LogP contribution in [0.4, 0.5) is 14.5 Å². The summed E-state index contributed by atoms with van der Waals surface area (Å²) < 4.78 is 26.4. The van der Waals surface area contributed by atoms with E-state index >= 15 is 0 Å². The quantitative estimate of drug-likeness (QED) is 0.533. The number of rotatable bonds is 5. The van der Waals surface area contributed by atoms with Gasteiger partial charge in [-0.25, -0.2) is 0 Å². The van der Waals surface area contributed by atoms with Gasteiger partial charge in [0.25, 0.3) is 5.76 Å². The maximum atomic E-state index is 12.3. The van der Waals surface area contributed by atoms with Crippen LogP contribution >= 0.6 is 24.0 Å². The van der Waals surface area contributed by atoms with Gasteiger partial charge in [0, 0.05) is 16.8 Å². The number of anilines is 1. The zero-order valence-electron chi connectivity index (χ0n) is 12.3. The van der Waals surface area contributed by atoms with Crippen molar-refractivity contribution in [3.8, 4) is 0 Å². The topological polar surface area (TPSA) is 54.2 Å². The summed E-state index contributed by atoms with van der Waals surface area (Å²) in [4.78, 5) is 0.504. The Labute approximate surface area is 146 Å². The van der Waals surface area contributed by atoms with E-state index in [-0.39, 0.29) is 0 Å². The van der Waals surface area contributed by atoms with Gasteiger partial charge in [-0.3, -0.25) is 4.40 Å². The molecule has 0 aliphatic carbocycles. The molecule has 2 heterocycles. The summed E-state index contributed by atoms with van der Waals surface area (Å²) in [5, 5.41) is 14.6. The maximum absolute atomic E-state index is 12.3. The van der Waals surface area contributed by atoms with Crippen LogP contribution in [0.1, 0.15) is 5.82 Å². The molecule has 0 saturated carbocycles. The van der Waals surface area contributed by atoms with Crippen LogP contribution in [0.5, 0.6) is 0 Å². The molecular weight excluding hydrogens is 352 g/mol. The standard InChI is InChI=1S/C15H13F2N5S2/c16-14(17)24-11-6-4-10(5-7-11)19-15(23)18-9-13-21-20-12-3-1-2-8-22(12)13/h1-8,14H,9H2,(H2,18,19,23). The minimum atomic E-state index is -2.43. The van der Waals surface area contributed by atoms with Crippen molar-refractivity contribution in [2.75, 3.05) is 5.32 Å². The number of thiocarbonyl (C=S) groups is 1. The van der Waals surface area contributed by atoms with E-state index in [1.807, 2.05) is 28.8 Å². The zero-order valence-corrected chi connectivity index (χ0v) is 14.0. The molecule has 0 radical (unpaired) electrons. The SMILES string of the molecule is FC(F)Sc1ccc(NC(=S)NCc2nnc3ccccn23)cc1. The monoisotopic (exact) mass is 365 g/mol. The molecule has 2 N–H and O–H groups in total. The first kappa shape index (κ1) is 16.6. The minimum absolute atomic E-state index is 0.413. The van der Waals surface area contributed by atoms with Crippen LogP contribution in [0.2, 0.25) is 0 Å². The zero-order chi connectivity index (χ0) is 16.9. The molecule has 0 aliphatic rings. The van der Waals surface area contributed by atoms with Gasteiger partial charge in [0.2, 0.25) is 0 Å². The number of hydrogen-bond donors (Lipinski definition) is 2. The minimum Gasteiger partial charge on any atom is -0.355 e. The average Bonchev–Trinajstić information content (AvgIpc) is 2.98. The molecule has 2 aromatic heterocycles. The Kier molecular flexibility index (Phi) is 5.21. The van der Waals surface area contributed by atoms with Gasteiger partial charge >= 0.3 is 0 Å². The van der Waals surface area contributed by atoms with Gasteiger partial charge < -0.3 is 10.6 Å². The summed E-state index contributed by atoms with van der Waals surface area (Å²) >= 11 is 5.74. The normalized spacial score (nSPS) is 11.0. The number of thioether (sulfide) groups is 1. The van der Waals surface area contributed by atoms with Gasteiger partial charge in [-0.1, -0.05) is 17.8 Å². The lowest BCUT2D eigenvalue weighted by Gasteiger charge is -2.10. The highest BCUT2D eigenvalue weighted by Crippen LogP contribution is 2.26. The predicted molar refractivity (Wildman–Crippen MR) is 94.4 cm³/mol. The molecule has 0 spiro atoms. The first-order chi connectivity index (χ1) is 11.6. The molecule has 5 nitrogen and oxygen atoms in total. The number of nitrogens with one attached hydrogen (secondary N) is 2. The van der Waals surface area contributed by atoms with E-state index in [1.165, 1.54) is 0 Å². The first-order valence-corrected chi connectivity index (χ1v) is 8.29. The number of benzene rings is 1. The van der Waals surface area contributed by atoms with Gasteiger partial charge in [0.1, 0.15) is 0 Å². The van der Waals surface area contributed by atoms with E-state index in [0.29, 0.717) is 28.3 Å². The Balaban J connectivity index is 1.56. The fourth-order valence-corrected chi connectivity index (χ4v) is 2.75. The third-order valence-electron chi connectivity index (χ3n) is 3.13. The predicted octanol–water partition coefficient (Wildman–Crippen LogP) is 3.53. The molecule has 3 aromatic rings. The van der Waals surface area contributed by atoms with Gasteiger partial charge in [0.05, 0.1) is 6.54 Å². The van der Waals surface area contributed by atoms with E-state index in [0.717, 1.165) is 17.2 Å². The summed E-state index contributed by atoms with van der Waals surface area (Å²) in [6, 6.07) is 12.3. The highest BCUT2D eigenvalue weighted by molar-refractivity contribution is 7.99. The molecule has 0 fully saturated rings. The van der Waals surface area contributed by atoms with Gasteiger partial charge in [0.15, 0.2) is 16.6 Å². The molecule has 24 heavy (non-hydrogen) atoms. The molecule has 0 bridgehead atoms. The van der Waals surface area contributed by atoms with E-state index in [9.17, 15) is 8.78 Å². The molecule has 0 atom stereocenters. The van der Waals surface area contributed by atoms with E-state index in [1.54, 1.807) is 24.3 Å². The van der Waals surface area contributed by atoms with Crippen molar-refractivity contribution >= 4 is 40.4 Å². The molecule has 0 aliphatic heterocycles. The number of nitrogens with zero attached hydrogens (tertiary/aromatic N) is 3. The lowest BCUT2D eigenvalue weighted by Crippen LogP contribution is -2.28. The smallest absolute Gasteiger partial charge is 0.288 e. The van der Waals surface area contributed by atoms with Crippen molar-refractivity contribution in [1.29, 1.82) is 0 Å². The van der Waals surface area contributed by atoms with Crippen molar-refractivity contribution in [2.45, 2.75) is 17.2 Å². The number of alkyl halides is 2. The van der Waals surface area contributed by atoms with Crippen molar-refractivity contribution in [3.05, 3.63) is 54.5 Å². The van der Waals surface area contributed by atoms with Crippen molar-refractivity contribution < 1.29 is 8.78 Å². The molecule has 9 heteroatoms. The van der Waals surface area contributed by atoms with Crippen molar-refractivity contribution in [3.63, 3.8) is 0 Å². The maximum Gasteiger partial charge on any atom is 0.288 e. The number of fused-ring (bicyclic) bond motifs is 1. The Morgan fingerprint density at radius 3 is 2.71 bits per heavy atom. The van der Waals surface area contributed by atoms with Crippen LogP contribution in [0, 0.1) is 0 Å². The van der Waals surface area contributed by atoms with Gasteiger partial charge in [-0.2, -0.15) is 8.78 Å². The number of aromatic nitrogens is 3. The Hall–Kier alpha value is -2.26. The second-order valence-corrected chi connectivity index (χ2v) is 6.23. The summed E-state index contributed by atoms with van der Waals surface area (Å²) in [5.41, 5.74) is 1.48. The largest absolute Gasteiger partial charge is 0.355 e. The number of halogens is 2. The highest BCUT2D eigenvalue weighted by Gasteiger charge is 2.07. The molecule has 0 amide bonds. The van der Waals surface area contributed by atoms with Crippen LogP contribution in [0.25, 0.3) is 5.65 Å². The summed E-state index contributed by atoms with van der Waals surface area (Å²) in [6.07, 6.45) is 1.88. The van der Waals surface area contributed by atoms with E-state index in [4.69, 9.17) is 12.2 Å². The van der Waals surface area contributed by atoms with Crippen molar-refractivity contribution in [2.24, 2.45) is 0 Å². The summed E-state index contributed by atoms with van der Waals surface area (Å²) in [6.45, 7) is 0.413. The van der Waals surface area contributed by atoms with Gasteiger partial charge in [-0.15, -0.1) is 10.2 Å². The number of pyridine rings is 1. The van der Waals surface area contributed by atoms with Crippen LogP contribution in [0.15, 0.2) is 53.6 Å². The number of hydrogen-bond acceptors (Lipinski definition) is 4. The molecule has 0 unspecified atom stereocenters. The third-order valence-corrected chi connectivity index (χ3v) is 4.10. The summed E-state index contributed by atoms with van der Waals surface area (Å²) in [7, 11) is 0. The highest BCUT2D eigenvalue weighted by atomic mass is 32.2. The lowest BCUT2D eigenvalue weighted by molar-refractivity contribution is 0.252. The molecule has 3 rings (SSSR count). The van der Waals surface area contributed by atoms with Crippen LogP contribution in [-0.4, -0.2) is 25.5 Å². The Morgan fingerprint density at radius 1 is 1.17 bits per heavy atom. The van der Waals surface area contributed by atoms with Crippen LogP contribution < -0.4 is 10.6 Å². The van der Waals surface area contributed by atoms with Crippen molar-refractivity contribution in [1.82, 2.24) is 19.9 Å². The Morgan fingerprint density at radius 2 is 1.96 bits per heavy atom. The fraction of sp³-hybridized carbons (Fsp3) is 0.133. The van der Waals surface area contributed by atoms with E-state index < -0.39 is 5.76 Å². The summed E-state index contributed by atoms with van der Waals surface area (Å²) in [5.74, 6) is -1.69.